The number of carbonyl (C=O) groups is 2. The van der Waals surface area contributed by atoms with Gasteiger partial charge in [0.2, 0.25) is 0 Å². The molecule has 0 aliphatic carbocycles. The first-order chi connectivity index (χ1) is 13.6. The quantitative estimate of drug-likeness (QED) is 0.565. The van der Waals surface area contributed by atoms with E-state index in [0.29, 0.717) is 23.8 Å². The molecule has 0 heterocycles. The molecule has 0 saturated heterocycles. The molecule has 0 radical (unpaired) electrons. The SMILES string of the molecule is CC(CCc1ccc(C(=O)[O-])c(C(=O)[O-])c1CCC(C)CC(C)(C)C)CC(C)(C)C. The molecule has 2 atom stereocenters. The summed E-state index contributed by atoms with van der Waals surface area (Å²) in [4.78, 5) is 23.4. The average Bonchev–Trinajstić information content (AvgIpc) is 2.54. The Balaban J connectivity index is 3.19. The van der Waals surface area contributed by atoms with Gasteiger partial charge >= 0.3 is 0 Å². The number of hydrogen-bond donors (Lipinski definition) is 0. The van der Waals surface area contributed by atoms with Gasteiger partial charge in [0.15, 0.2) is 0 Å². The van der Waals surface area contributed by atoms with E-state index in [1.807, 2.05) is 0 Å². The first-order valence-corrected chi connectivity index (χ1v) is 11.2. The van der Waals surface area contributed by atoms with E-state index in [2.05, 4.69) is 55.4 Å². The summed E-state index contributed by atoms with van der Waals surface area (Å²) in [6.45, 7) is 17.6. The molecule has 0 amide bonds. The van der Waals surface area contributed by atoms with Crippen molar-refractivity contribution < 1.29 is 19.8 Å². The van der Waals surface area contributed by atoms with Crippen LogP contribution in [-0.4, -0.2) is 11.9 Å². The summed E-state index contributed by atoms with van der Waals surface area (Å²) in [6, 6.07) is 3.14. The van der Waals surface area contributed by atoms with Crippen molar-refractivity contribution >= 4 is 11.9 Å². The average molecular weight is 417 g/mol. The van der Waals surface area contributed by atoms with Gasteiger partial charge in [-0.25, -0.2) is 0 Å². The third-order valence-corrected chi connectivity index (χ3v) is 5.55. The van der Waals surface area contributed by atoms with Gasteiger partial charge in [-0.05, 0) is 72.3 Å². The van der Waals surface area contributed by atoms with Gasteiger partial charge in [0.25, 0.3) is 0 Å². The van der Waals surface area contributed by atoms with Crippen LogP contribution < -0.4 is 10.2 Å². The Morgan fingerprint density at radius 3 is 1.67 bits per heavy atom. The lowest BCUT2D eigenvalue weighted by atomic mass is 9.80. The largest absolute Gasteiger partial charge is 0.545 e. The predicted molar refractivity (Wildman–Crippen MR) is 118 cm³/mol. The third kappa shape index (κ3) is 8.89. The summed E-state index contributed by atoms with van der Waals surface area (Å²) in [5.74, 6) is -2.01. The molecule has 0 fully saturated rings. The third-order valence-electron chi connectivity index (χ3n) is 5.55. The maximum Gasteiger partial charge on any atom is 0.0724 e. The van der Waals surface area contributed by atoms with Crippen LogP contribution in [0.2, 0.25) is 0 Å². The van der Waals surface area contributed by atoms with Crippen LogP contribution in [0.15, 0.2) is 12.1 Å². The first-order valence-electron chi connectivity index (χ1n) is 11.2. The predicted octanol–water partition coefficient (Wildman–Crippen LogP) is 4.42. The summed E-state index contributed by atoms with van der Waals surface area (Å²) in [7, 11) is 0. The number of carboxylic acids is 2. The molecule has 2 unspecified atom stereocenters. The van der Waals surface area contributed by atoms with Crippen molar-refractivity contribution in [2.24, 2.45) is 22.7 Å². The molecule has 1 aromatic carbocycles. The Labute approximate surface area is 183 Å². The number of rotatable bonds is 10. The van der Waals surface area contributed by atoms with Gasteiger partial charge in [-0.1, -0.05) is 67.5 Å². The molecule has 4 heteroatoms. The molecule has 0 aliphatic rings. The lowest BCUT2D eigenvalue weighted by Gasteiger charge is -2.26. The van der Waals surface area contributed by atoms with E-state index < -0.39 is 11.9 Å². The lowest BCUT2D eigenvalue weighted by Crippen LogP contribution is -2.32. The van der Waals surface area contributed by atoms with Crippen molar-refractivity contribution in [3.8, 4) is 0 Å². The van der Waals surface area contributed by atoms with Crippen molar-refractivity contribution in [1.29, 1.82) is 0 Å². The molecule has 170 valence electrons. The topological polar surface area (TPSA) is 80.3 Å². The van der Waals surface area contributed by atoms with E-state index in [9.17, 15) is 19.8 Å². The van der Waals surface area contributed by atoms with Crippen molar-refractivity contribution in [3.63, 3.8) is 0 Å². The van der Waals surface area contributed by atoms with Gasteiger partial charge in [0, 0.05) is 11.1 Å². The van der Waals surface area contributed by atoms with Gasteiger partial charge in [-0.2, -0.15) is 0 Å². The highest BCUT2D eigenvalue weighted by Gasteiger charge is 2.20. The molecule has 1 rings (SSSR count). The fraction of sp³-hybridized carbons (Fsp3) is 0.692. The smallest absolute Gasteiger partial charge is 0.0724 e. The fourth-order valence-electron chi connectivity index (χ4n) is 4.70. The molecule has 0 spiro atoms. The zero-order chi connectivity index (χ0) is 23.3. The summed E-state index contributed by atoms with van der Waals surface area (Å²) in [6.07, 6.45) is 5.09. The maximum absolute atomic E-state index is 11.9. The second kappa shape index (κ2) is 10.5. The number of benzene rings is 1. The standard InChI is InChI=1S/C26H42O4/c1-17(15-25(3,4)5)9-11-19-12-14-21(23(27)28)22(24(29)30)20(19)13-10-18(2)16-26(6,7)8/h12,14,17-18H,9-11,13,15-16H2,1-8H3,(H,27,28)(H,29,30)/p-2. The summed E-state index contributed by atoms with van der Waals surface area (Å²) in [5, 5.41) is 23.4. The van der Waals surface area contributed by atoms with Crippen molar-refractivity contribution in [2.45, 2.75) is 93.9 Å². The summed E-state index contributed by atoms with van der Waals surface area (Å²) < 4.78 is 0. The van der Waals surface area contributed by atoms with Crippen LogP contribution in [0.25, 0.3) is 0 Å². The molecular formula is C26H40O4-2. The highest BCUT2D eigenvalue weighted by Crippen LogP contribution is 2.31. The van der Waals surface area contributed by atoms with Gasteiger partial charge in [0.05, 0.1) is 11.9 Å². The van der Waals surface area contributed by atoms with Crippen LogP contribution in [0.3, 0.4) is 0 Å². The molecule has 0 saturated carbocycles. The Hall–Kier alpha value is -1.84. The minimum atomic E-state index is -1.47. The summed E-state index contributed by atoms with van der Waals surface area (Å²) in [5.41, 5.74) is 1.48. The molecule has 0 aromatic heterocycles. The fourth-order valence-corrected chi connectivity index (χ4v) is 4.70. The Kier molecular flexibility index (Phi) is 9.13. The number of carboxylic acid groups (broad SMARTS) is 2. The van der Waals surface area contributed by atoms with Crippen molar-refractivity contribution in [1.82, 2.24) is 0 Å². The van der Waals surface area contributed by atoms with E-state index in [4.69, 9.17) is 0 Å². The second-order valence-electron chi connectivity index (χ2n) is 11.5. The van der Waals surface area contributed by atoms with Gasteiger partial charge < -0.3 is 19.8 Å². The molecule has 0 aliphatic heterocycles. The van der Waals surface area contributed by atoms with E-state index in [-0.39, 0.29) is 22.0 Å². The molecular weight excluding hydrogens is 376 g/mol. The minimum Gasteiger partial charge on any atom is -0.545 e. The van der Waals surface area contributed by atoms with Crippen molar-refractivity contribution in [2.75, 3.05) is 0 Å². The maximum atomic E-state index is 11.9. The zero-order valence-corrected chi connectivity index (χ0v) is 20.2. The first kappa shape index (κ1) is 26.2. The number of hydrogen-bond acceptors (Lipinski definition) is 4. The summed E-state index contributed by atoms with van der Waals surface area (Å²) >= 11 is 0. The van der Waals surface area contributed by atoms with Crippen molar-refractivity contribution in [3.05, 3.63) is 34.4 Å². The molecule has 1 aromatic rings. The second-order valence-corrected chi connectivity index (χ2v) is 11.5. The van der Waals surface area contributed by atoms with E-state index in [0.717, 1.165) is 37.7 Å². The Morgan fingerprint density at radius 1 is 0.800 bits per heavy atom. The van der Waals surface area contributed by atoms with E-state index in [1.165, 1.54) is 6.07 Å². The van der Waals surface area contributed by atoms with Crippen LogP contribution in [0, 0.1) is 22.7 Å². The molecule has 4 nitrogen and oxygen atoms in total. The van der Waals surface area contributed by atoms with Crippen LogP contribution >= 0.6 is 0 Å². The lowest BCUT2D eigenvalue weighted by molar-refractivity contribution is -0.259. The number of aryl methyl sites for hydroxylation is 1. The van der Waals surface area contributed by atoms with Crippen LogP contribution in [0.4, 0.5) is 0 Å². The Morgan fingerprint density at radius 2 is 1.27 bits per heavy atom. The Bertz CT molecular complexity index is 735. The van der Waals surface area contributed by atoms with Gasteiger partial charge in [-0.3, -0.25) is 0 Å². The van der Waals surface area contributed by atoms with Gasteiger partial charge in [-0.15, -0.1) is 0 Å². The van der Waals surface area contributed by atoms with E-state index in [1.54, 1.807) is 6.07 Å². The highest BCUT2D eigenvalue weighted by molar-refractivity contribution is 6.01. The minimum absolute atomic E-state index is 0.189. The van der Waals surface area contributed by atoms with Crippen LogP contribution in [0.1, 0.15) is 113 Å². The molecule has 0 bridgehead atoms. The van der Waals surface area contributed by atoms with E-state index >= 15 is 0 Å². The van der Waals surface area contributed by atoms with Gasteiger partial charge in [0.1, 0.15) is 0 Å². The van der Waals surface area contributed by atoms with Crippen LogP contribution in [-0.2, 0) is 12.8 Å². The highest BCUT2D eigenvalue weighted by atomic mass is 16.4. The normalized spacial score (nSPS) is 14.4. The number of carbonyl (C=O) groups excluding carboxylic acids is 2. The number of aromatic carboxylic acids is 2. The molecule has 30 heavy (non-hydrogen) atoms. The van der Waals surface area contributed by atoms with Crippen LogP contribution in [0.5, 0.6) is 0 Å². The zero-order valence-electron chi connectivity index (χ0n) is 20.2. The monoisotopic (exact) mass is 416 g/mol. The molecule has 0 N–H and O–H groups in total.